The molecule has 2 aliphatic heterocycles. The zero-order valence-electron chi connectivity index (χ0n) is 19.6. The molecule has 0 saturated carbocycles. The van der Waals surface area contributed by atoms with E-state index in [2.05, 4.69) is 21.4 Å². The fourth-order valence-electron chi connectivity index (χ4n) is 4.29. The highest BCUT2D eigenvalue weighted by Crippen LogP contribution is 2.27. The Morgan fingerprint density at radius 1 is 1.19 bits per heavy atom. The SMILES string of the molecule is C=C[C@@H](COC1CCN(C(=O)OC(C)(C)C)CC1)CC1CCN(c2ncc(Cl)cn2)CC1. The Morgan fingerprint density at radius 3 is 2.38 bits per heavy atom. The second kappa shape index (κ2) is 11.3. The Kier molecular flexibility index (Phi) is 8.77. The summed E-state index contributed by atoms with van der Waals surface area (Å²) in [5.41, 5.74) is -0.459. The number of hydrogen-bond donors (Lipinski definition) is 0. The number of amides is 1. The maximum atomic E-state index is 12.2. The van der Waals surface area contributed by atoms with Gasteiger partial charge in [-0.1, -0.05) is 17.7 Å². The van der Waals surface area contributed by atoms with E-state index in [-0.39, 0.29) is 12.2 Å². The first kappa shape index (κ1) is 24.8. The van der Waals surface area contributed by atoms with Crippen LogP contribution in [-0.4, -0.2) is 65.5 Å². The molecule has 1 aromatic rings. The average molecular weight is 465 g/mol. The molecule has 8 heteroatoms. The first-order valence-electron chi connectivity index (χ1n) is 11.7. The third kappa shape index (κ3) is 7.62. The van der Waals surface area contributed by atoms with E-state index < -0.39 is 5.60 Å². The highest BCUT2D eigenvalue weighted by molar-refractivity contribution is 6.30. The lowest BCUT2D eigenvalue weighted by Gasteiger charge is -2.35. The summed E-state index contributed by atoms with van der Waals surface area (Å²) in [6, 6.07) is 0. The fourth-order valence-corrected chi connectivity index (χ4v) is 4.39. The molecule has 0 N–H and O–H groups in total. The first-order valence-corrected chi connectivity index (χ1v) is 12.1. The van der Waals surface area contributed by atoms with Crippen LogP contribution in [0.2, 0.25) is 5.02 Å². The minimum absolute atomic E-state index is 0.194. The van der Waals surface area contributed by atoms with Gasteiger partial charge in [-0.25, -0.2) is 14.8 Å². The van der Waals surface area contributed by atoms with Gasteiger partial charge < -0.3 is 19.3 Å². The number of carbonyl (C=O) groups excluding carboxylic acids is 1. The molecule has 2 aliphatic rings. The van der Waals surface area contributed by atoms with Gasteiger partial charge in [0.15, 0.2) is 0 Å². The van der Waals surface area contributed by atoms with Crippen LogP contribution >= 0.6 is 11.6 Å². The molecule has 1 atom stereocenters. The van der Waals surface area contributed by atoms with E-state index in [1.165, 1.54) is 0 Å². The molecule has 2 saturated heterocycles. The van der Waals surface area contributed by atoms with E-state index in [4.69, 9.17) is 21.1 Å². The van der Waals surface area contributed by atoms with Crippen LogP contribution in [0, 0.1) is 11.8 Å². The summed E-state index contributed by atoms with van der Waals surface area (Å²) < 4.78 is 11.7. The van der Waals surface area contributed by atoms with Gasteiger partial charge in [-0.05, 0) is 58.8 Å². The predicted octanol–water partition coefficient (Wildman–Crippen LogP) is 4.95. The number of rotatable bonds is 7. The third-order valence-corrected chi connectivity index (χ3v) is 6.31. The van der Waals surface area contributed by atoms with Gasteiger partial charge in [-0.3, -0.25) is 0 Å². The second-order valence-corrected chi connectivity index (χ2v) is 10.3. The van der Waals surface area contributed by atoms with Gasteiger partial charge in [0.25, 0.3) is 0 Å². The van der Waals surface area contributed by atoms with Crippen LogP contribution in [0.1, 0.15) is 52.9 Å². The summed E-state index contributed by atoms with van der Waals surface area (Å²) in [5, 5.41) is 0.563. The van der Waals surface area contributed by atoms with Gasteiger partial charge in [-0.2, -0.15) is 0 Å². The molecule has 32 heavy (non-hydrogen) atoms. The number of nitrogens with zero attached hydrogens (tertiary/aromatic N) is 4. The zero-order chi connectivity index (χ0) is 23.1. The van der Waals surface area contributed by atoms with Gasteiger partial charge in [0.05, 0.1) is 30.1 Å². The number of hydrogen-bond acceptors (Lipinski definition) is 6. The Labute approximate surface area is 197 Å². The van der Waals surface area contributed by atoms with Crippen molar-refractivity contribution in [3.8, 4) is 0 Å². The van der Waals surface area contributed by atoms with Gasteiger partial charge in [0, 0.05) is 32.1 Å². The van der Waals surface area contributed by atoms with Gasteiger partial charge in [0.1, 0.15) is 5.60 Å². The highest BCUT2D eigenvalue weighted by Gasteiger charge is 2.28. The maximum absolute atomic E-state index is 12.2. The Bertz CT molecular complexity index is 737. The Hall–Kier alpha value is -1.86. The molecule has 7 nitrogen and oxygen atoms in total. The van der Waals surface area contributed by atoms with Crippen molar-refractivity contribution >= 4 is 23.6 Å². The highest BCUT2D eigenvalue weighted by atomic mass is 35.5. The van der Waals surface area contributed by atoms with Crippen LogP contribution in [-0.2, 0) is 9.47 Å². The molecule has 178 valence electrons. The molecule has 0 aromatic carbocycles. The van der Waals surface area contributed by atoms with E-state index >= 15 is 0 Å². The molecule has 0 radical (unpaired) electrons. The van der Waals surface area contributed by atoms with Crippen molar-refractivity contribution in [3.05, 3.63) is 30.1 Å². The largest absolute Gasteiger partial charge is 0.444 e. The monoisotopic (exact) mass is 464 g/mol. The Morgan fingerprint density at radius 2 is 1.81 bits per heavy atom. The summed E-state index contributed by atoms with van der Waals surface area (Å²) in [4.78, 5) is 24.9. The number of aromatic nitrogens is 2. The smallest absolute Gasteiger partial charge is 0.410 e. The number of ether oxygens (including phenoxy) is 2. The molecule has 3 rings (SSSR count). The standard InChI is InChI=1S/C24H37ClN4O3/c1-5-18(14-19-6-10-28(11-7-19)22-26-15-20(25)16-27-22)17-31-21-8-12-29(13-9-21)23(30)32-24(2,3)4/h5,15-16,18-19,21H,1,6-14,17H2,2-4H3/t18-/m1/s1. The maximum Gasteiger partial charge on any atom is 0.410 e. The summed E-state index contributed by atoms with van der Waals surface area (Å²) in [6.45, 7) is 13.7. The lowest BCUT2D eigenvalue weighted by molar-refractivity contribution is -0.0189. The van der Waals surface area contributed by atoms with Crippen LogP contribution in [0.4, 0.5) is 10.7 Å². The molecule has 0 aliphatic carbocycles. The molecule has 3 heterocycles. The van der Waals surface area contributed by atoms with Gasteiger partial charge >= 0.3 is 6.09 Å². The summed E-state index contributed by atoms with van der Waals surface area (Å²) in [7, 11) is 0. The topological polar surface area (TPSA) is 67.8 Å². The lowest BCUT2D eigenvalue weighted by atomic mass is 9.87. The van der Waals surface area contributed by atoms with Crippen molar-refractivity contribution in [2.45, 2.75) is 64.6 Å². The van der Waals surface area contributed by atoms with E-state index in [9.17, 15) is 4.79 Å². The quantitative estimate of drug-likeness (QED) is 0.531. The number of halogens is 1. The molecule has 0 spiro atoms. The molecular formula is C24H37ClN4O3. The van der Waals surface area contributed by atoms with Crippen LogP contribution in [0.15, 0.2) is 25.0 Å². The van der Waals surface area contributed by atoms with Gasteiger partial charge in [-0.15, -0.1) is 6.58 Å². The average Bonchev–Trinajstić information content (AvgIpc) is 2.77. The third-order valence-electron chi connectivity index (χ3n) is 6.11. The minimum Gasteiger partial charge on any atom is -0.444 e. The van der Waals surface area contributed by atoms with Crippen molar-refractivity contribution in [3.63, 3.8) is 0 Å². The van der Waals surface area contributed by atoms with E-state index in [0.717, 1.165) is 51.1 Å². The van der Waals surface area contributed by atoms with E-state index in [1.54, 1.807) is 17.3 Å². The van der Waals surface area contributed by atoms with Crippen LogP contribution in [0.25, 0.3) is 0 Å². The number of anilines is 1. The number of likely N-dealkylation sites (tertiary alicyclic amines) is 1. The van der Waals surface area contributed by atoms with Crippen molar-refractivity contribution < 1.29 is 14.3 Å². The molecule has 0 bridgehead atoms. The lowest BCUT2D eigenvalue weighted by Crippen LogP contribution is -2.43. The molecule has 1 amide bonds. The molecule has 0 unspecified atom stereocenters. The van der Waals surface area contributed by atoms with Gasteiger partial charge in [0.2, 0.25) is 5.95 Å². The minimum atomic E-state index is -0.459. The number of piperidine rings is 2. The summed E-state index contributed by atoms with van der Waals surface area (Å²) in [6.07, 6.45) is 10.3. The predicted molar refractivity (Wildman–Crippen MR) is 127 cm³/mol. The molecule has 2 fully saturated rings. The molecular weight excluding hydrogens is 428 g/mol. The summed E-state index contributed by atoms with van der Waals surface area (Å²) >= 11 is 5.89. The van der Waals surface area contributed by atoms with E-state index in [0.29, 0.717) is 36.6 Å². The normalized spacial score (nSPS) is 19.6. The Balaban J connectivity index is 1.35. The first-order chi connectivity index (χ1) is 15.2. The fraction of sp³-hybridized carbons (Fsp3) is 0.708. The molecule has 1 aromatic heterocycles. The van der Waals surface area contributed by atoms with Crippen molar-refractivity contribution in [1.29, 1.82) is 0 Å². The van der Waals surface area contributed by atoms with Crippen molar-refractivity contribution in [2.75, 3.05) is 37.7 Å². The summed E-state index contributed by atoms with van der Waals surface area (Å²) in [5.74, 6) is 1.76. The van der Waals surface area contributed by atoms with E-state index in [1.807, 2.05) is 26.8 Å². The van der Waals surface area contributed by atoms with Crippen LogP contribution in [0.5, 0.6) is 0 Å². The van der Waals surface area contributed by atoms with Crippen LogP contribution in [0.3, 0.4) is 0 Å². The second-order valence-electron chi connectivity index (χ2n) is 9.86. The van der Waals surface area contributed by atoms with Crippen LogP contribution < -0.4 is 4.90 Å². The zero-order valence-corrected chi connectivity index (χ0v) is 20.4. The number of carbonyl (C=O) groups is 1. The van der Waals surface area contributed by atoms with Crippen molar-refractivity contribution in [2.24, 2.45) is 11.8 Å². The van der Waals surface area contributed by atoms with Crippen molar-refractivity contribution in [1.82, 2.24) is 14.9 Å².